The number of nitrogen functional groups attached to an aromatic ring is 2. The third-order valence-corrected chi connectivity index (χ3v) is 4.62. The molecule has 120 valence electrons. The normalized spacial score (nSPS) is 16.3. The molecule has 0 saturated carbocycles. The summed E-state index contributed by atoms with van der Waals surface area (Å²) in [7, 11) is 3.11. The number of ketones is 1. The highest BCUT2D eigenvalue weighted by molar-refractivity contribution is 8.00. The molecule has 0 fully saturated rings. The number of thioether (sulfide) groups is 1. The highest BCUT2D eigenvalue weighted by atomic mass is 32.2. The van der Waals surface area contributed by atoms with Crippen LogP contribution >= 0.6 is 11.8 Å². The number of carbonyl (C=O) groups excluding carboxylic acids is 1. The Labute approximate surface area is 137 Å². The molecule has 0 saturated heterocycles. The molecule has 1 aromatic heterocycles. The zero-order valence-corrected chi connectivity index (χ0v) is 13.5. The van der Waals surface area contributed by atoms with E-state index in [0.29, 0.717) is 28.6 Å². The first kappa shape index (κ1) is 15.4. The fourth-order valence-electron chi connectivity index (χ4n) is 2.52. The van der Waals surface area contributed by atoms with Crippen molar-refractivity contribution in [1.82, 2.24) is 9.97 Å². The summed E-state index contributed by atoms with van der Waals surface area (Å²) in [5, 5.41) is 0.0793. The number of anilines is 2. The lowest BCUT2D eigenvalue weighted by Gasteiger charge is -2.09. The Hall–Kier alpha value is -2.48. The van der Waals surface area contributed by atoms with Gasteiger partial charge in [-0.1, -0.05) is 11.8 Å². The maximum atomic E-state index is 12.6. The minimum atomic E-state index is -0.317. The van der Waals surface area contributed by atoms with E-state index in [1.165, 1.54) is 17.8 Å². The van der Waals surface area contributed by atoms with Crippen LogP contribution in [0.2, 0.25) is 0 Å². The van der Waals surface area contributed by atoms with Crippen LogP contribution in [0, 0.1) is 0 Å². The van der Waals surface area contributed by atoms with Gasteiger partial charge in [0.05, 0.1) is 19.5 Å². The predicted molar refractivity (Wildman–Crippen MR) is 88.1 cm³/mol. The molecular formula is C15H16N4O3S. The van der Waals surface area contributed by atoms with Gasteiger partial charge in [0.15, 0.2) is 22.4 Å². The van der Waals surface area contributed by atoms with Gasteiger partial charge in [0.2, 0.25) is 0 Å². The van der Waals surface area contributed by atoms with Gasteiger partial charge in [0.1, 0.15) is 11.6 Å². The van der Waals surface area contributed by atoms with Crippen LogP contribution in [-0.4, -0.2) is 35.2 Å². The van der Waals surface area contributed by atoms with Gasteiger partial charge in [-0.15, -0.1) is 0 Å². The molecule has 1 aliphatic rings. The molecule has 0 spiro atoms. The van der Waals surface area contributed by atoms with Gasteiger partial charge in [-0.05, 0) is 24.1 Å². The monoisotopic (exact) mass is 332 g/mol. The average Bonchev–Trinajstić information content (AvgIpc) is 2.80. The van der Waals surface area contributed by atoms with Gasteiger partial charge >= 0.3 is 0 Å². The van der Waals surface area contributed by atoms with Crippen LogP contribution in [0.4, 0.5) is 11.6 Å². The molecule has 8 heteroatoms. The summed E-state index contributed by atoms with van der Waals surface area (Å²) in [4.78, 5) is 20.8. The Morgan fingerprint density at radius 3 is 2.30 bits per heavy atom. The first-order chi connectivity index (χ1) is 11.0. The number of ether oxygens (including phenoxy) is 2. The lowest BCUT2D eigenvalue weighted by atomic mass is 10.1. The van der Waals surface area contributed by atoms with Crippen LogP contribution < -0.4 is 20.9 Å². The second kappa shape index (κ2) is 5.96. The molecule has 0 aliphatic heterocycles. The lowest BCUT2D eigenvalue weighted by Crippen LogP contribution is -2.12. The van der Waals surface area contributed by atoms with Crippen molar-refractivity contribution >= 4 is 29.2 Å². The van der Waals surface area contributed by atoms with Gasteiger partial charge < -0.3 is 20.9 Å². The van der Waals surface area contributed by atoms with E-state index >= 15 is 0 Å². The summed E-state index contributed by atoms with van der Waals surface area (Å²) in [6, 6.07) is 5.03. The fraction of sp³-hybridized carbons (Fsp3) is 0.267. The van der Waals surface area contributed by atoms with Crippen LogP contribution in [0.15, 0.2) is 23.4 Å². The van der Waals surface area contributed by atoms with E-state index in [0.717, 1.165) is 5.56 Å². The molecule has 4 N–H and O–H groups in total. The second-order valence-corrected chi connectivity index (χ2v) is 6.21. The average molecular weight is 332 g/mol. The second-order valence-electron chi connectivity index (χ2n) is 5.04. The molecule has 1 unspecified atom stereocenters. The number of hydrogen-bond donors (Lipinski definition) is 2. The van der Waals surface area contributed by atoms with Gasteiger partial charge in [-0.25, -0.2) is 9.97 Å². The van der Waals surface area contributed by atoms with E-state index in [4.69, 9.17) is 20.9 Å². The van der Waals surface area contributed by atoms with Gasteiger partial charge in [-0.3, -0.25) is 4.79 Å². The Bertz CT molecular complexity index is 761. The van der Waals surface area contributed by atoms with Crippen molar-refractivity contribution in [2.24, 2.45) is 0 Å². The Kier molecular flexibility index (Phi) is 3.99. The van der Waals surface area contributed by atoms with Crippen molar-refractivity contribution in [3.8, 4) is 11.5 Å². The largest absolute Gasteiger partial charge is 0.493 e. The topological polar surface area (TPSA) is 113 Å². The molecule has 1 atom stereocenters. The van der Waals surface area contributed by atoms with Crippen LogP contribution in [0.3, 0.4) is 0 Å². The molecule has 0 amide bonds. The predicted octanol–water partition coefficient (Wildman–Crippen LogP) is 1.56. The number of carbonyl (C=O) groups is 1. The molecule has 1 heterocycles. The van der Waals surface area contributed by atoms with Crippen LogP contribution in [0.5, 0.6) is 11.5 Å². The molecule has 23 heavy (non-hydrogen) atoms. The summed E-state index contributed by atoms with van der Waals surface area (Å²) in [5.74, 6) is 1.72. The van der Waals surface area contributed by atoms with E-state index in [-0.39, 0.29) is 22.7 Å². The van der Waals surface area contributed by atoms with Crippen molar-refractivity contribution < 1.29 is 14.3 Å². The summed E-state index contributed by atoms with van der Waals surface area (Å²) in [5.41, 5.74) is 12.9. The molecule has 1 aliphatic carbocycles. The zero-order valence-electron chi connectivity index (χ0n) is 12.7. The summed E-state index contributed by atoms with van der Waals surface area (Å²) < 4.78 is 10.5. The third kappa shape index (κ3) is 2.89. The zero-order chi connectivity index (χ0) is 16.6. The SMILES string of the molecule is COc1cc2c(cc1OC)C(=O)C(Sc1nc(N)cc(N)n1)C2. The summed E-state index contributed by atoms with van der Waals surface area (Å²) in [6.07, 6.45) is 0.567. The number of nitrogens with two attached hydrogens (primary N) is 2. The first-order valence-corrected chi connectivity index (χ1v) is 7.75. The van der Waals surface area contributed by atoms with Gasteiger partial charge in [-0.2, -0.15) is 0 Å². The fourth-order valence-corrected chi connectivity index (χ4v) is 3.59. The minimum Gasteiger partial charge on any atom is -0.493 e. The Morgan fingerprint density at radius 2 is 1.70 bits per heavy atom. The quantitative estimate of drug-likeness (QED) is 0.811. The number of aromatic nitrogens is 2. The highest BCUT2D eigenvalue weighted by Crippen LogP contribution is 2.39. The number of hydrogen-bond acceptors (Lipinski definition) is 8. The van der Waals surface area contributed by atoms with Crippen molar-refractivity contribution in [3.63, 3.8) is 0 Å². The Morgan fingerprint density at radius 1 is 1.09 bits per heavy atom. The molecule has 1 aromatic carbocycles. The molecule has 3 rings (SSSR count). The van der Waals surface area contributed by atoms with Crippen LogP contribution in [0.25, 0.3) is 0 Å². The highest BCUT2D eigenvalue weighted by Gasteiger charge is 2.33. The van der Waals surface area contributed by atoms with Crippen molar-refractivity contribution in [1.29, 1.82) is 0 Å². The number of benzene rings is 1. The van der Waals surface area contributed by atoms with Gasteiger partial charge in [0.25, 0.3) is 0 Å². The van der Waals surface area contributed by atoms with E-state index in [9.17, 15) is 4.79 Å². The number of fused-ring (bicyclic) bond motifs is 1. The van der Waals surface area contributed by atoms with Crippen molar-refractivity contribution in [2.75, 3.05) is 25.7 Å². The van der Waals surface area contributed by atoms with Crippen LogP contribution in [0.1, 0.15) is 15.9 Å². The van der Waals surface area contributed by atoms with E-state index in [2.05, 4.69) is 9.97 Å². The van der Waals surface area contributed by atoms with E-state index in [1.54, 1.807) is 20.3 Å². The Balaban J connectivity index is 1.88. The number of Topliss-reactive ketones (excluding diaryl/α,β-unsaturated/α-hetero) is 1. The maximum absolute atomic E-state index is 12.6. The minimum absolute atomic E-state index is 0.00977. The lowest BCUT2D eigenvalue weighted by molar-refractivity contribution is 0.1000. The number of nitrogens with zero attached hydrogens (tertiary/aromatic N) is 2. The molecule has 2 aromatic rings. The smallest absolute Gasteiger partial charge is 0.192 e. The standard InChI is InChI=1S/C15H16N4O3S/c1-21-9-3-7-4-11(14(20)8(7)5-10(9)22-2)23-15-18-12(16)6-13(17)19-15/h3,5-6,11H,4H2,1-2H3,(H4,16,17,18,19). The third-order valence-electron chi connectivity index (χ3n) is 3.57. The summed E-state index contributed by atoms with van der Waals surface area (Å²) in [6.45, 7) is 0. The molecule has 7 nitrogen and oxygen atoms in total. The number of methoxy groups -OCH3 is 2. The summed E-state index contributed by atoms with van der Waals surface area (Å²) >= 11 is 1.26. The van der Waals surface area contributed by atoms with Crippen molar-refractivity contribution in [3.05, 3.63) is 29.3 Å². The van der Waals surface area contributed by atoms with Crippen LogP contribution in [-0.2, 0) is 6.42 Å². The molecule has 0 radical (unpaired) electrons. The van der Waals surface area contributed by atoms with E-state index < -0.39 is 0 Å². The first-order valence-electron chi connectivity index (χ1n) is 6.87. The molecular weight excluding hydrogens is 316 g/mol. The van der Waals surface area contributed by atoms with Gasteiger partial charge in [0, 0.05) is 11.6 Å². The number of rotatable bonds is 4. The van der Waals surface area contributed by atoms with E-state index in [1.807, 2.05) is 6.07 Å². The molecule has 0 bridgehead atoms. The maximum Gasteiger partial charge on any atom is 0.192 e. The van der Waals surface area contributed by atoms with Crippen molar-refractivity contribution in [2.45, 2.75) is 16.8 Å².